The number of rotatable bonds is 7. The highest BCUT2D eigenvalue weighted by Gasteiger charge is 2.64. The van der Waals surface area contributed by atoms with Gasteiger partial charge in [-0.2, -0.15) is 0 Å². The zero-order valence-corrected chi connectivity index (χ0v) is 30.6. The van der Waals surface area contributed by atoms with Crippen molar-refractivity contribution in [2.24, 2.45) is 23.5 Å². The van der Waals surface area contributed by atoms with Gasteiger partial charge in [-0.3, -0.25) is 19.3 Å². The first kappa shape index (κ1) is 35.7. The van der Waals surface area contributed by atoms with Crippen LogP contribution in [0.2, 0.25) is 0 Å². The number of hydrogen-bond donors (Lipinski definition) is 5. The van der Waals surface area contributed by atoms with E-state index in [9.17, 15) is 34.8 Å². The molecule has 2 saturated carbocycles. The average Bonchev–Trinajstić information content (AvgIpc) is 3.54. The van der Waals surface area contributed by atoms with Gasteiger partial charge in [0.1, 0.15) is 22.8 Å². The molecule has 274 valence electrons. The van der Waals surface area contributed by atoms with E-state index in [0.717, 1.165) is 17.7 Å². The topological polar surface area (TPSA) is 165 Å². The molecule has 52 heavy (non-hydrogen) atoms. The van der Waals surface area contributed by atoms with Crippen LogP contribution in [-0.4, -0.2) is 82.6 Å². The Morgan fingerprint density at radius 1 is 0.981 bits per heavy atom. The van der Waals surface area contributed by atoms with Crippen molar-refractivity contribution in [1.29, 1.82) is 0 Å². The van der Waals surface area contributed by atoms with Gasteiger partial charge in [0, 0.05) is 36.8 Å². The second-order valence-corrected chi connectivity index (χ2v) is 16.0. The summed E-state index contributed by atoms with van der Waals surface area (Å²) >= 11 is 0. The molecule has 5 aliphatic rings. The highest BCUT2D eigenvalue weighted by Crippen LogP contribution is 2.55. The molecule has 10 nitrogen and oxygen atoms in total. The van der Waals surface area contributed by atoms with Crippen LogP contribution in [-0.2, 0) is 20.8 Å². The molecule has 0 radical (unpaired) electrons. The zero-order chi connectivity index (χ0) is 37.4. The summed E-state index contributed by atoms with van der Waals surface area (Å²) in [5, 5.41) is 47.0. The lowest BCUT2D eigenvalue weighted by Gasteiger charge is -2.50. The average molecular weight is 708 g/mol. The number of hydrogen-bond acceptors (Lipinski definition) is 9. The van der Waals surface area contributed by atoms with E-state index < -0.39 is 58.0 Å². The van der Waals surface area contributed by atoms with Gasteiger partial charge in [0.15, 0.2) is 11.4 Å². The van der Waals surface area contributed by atoms with Crippen LogP contribution in [0.3, 0.4) is 0 Å². The Balaban J connectivity index is 1.18. The second kappa shape index (κ2) is 13.1. The lowest BCUT2D eigenvalue weighted by molar-refractivity contribution is -0.153. The minimum Gasteiger partial charge on any atom is -0.508 e. The molecule has 1 amide bonds. The number of nitrogens with two attached hydrogens (primary N) is 1. The van der Waals surface area contributed by atoms with E-state index in [2.05, 4.69) is 37.3 Å². The summed E-state index contributed by atoms with van der Waals surface area (Å²) in [6, 6.07) is 9.49. The molecule has 0 unspecified atom stereocenters. The minimum atomic E-state index is -2.67. The minimum absolute atomic E-state index is 0.0481. The molecule has 0 heterocycles. The number of likely N-dealkylation sites (N-methyl/N-ethyl adjacent to an activating group) is 1. The van der Waals surface area contributed by atoms with E-state index in [0.29, 0.717) is 29.4 Å². The SMILES string of the molecule is Cc1ccccc1C1CCC(CC2=CC=C(c3cc(N(C)C)c4c(c3O)C(O)=C3C(=O)[C@]5(O)C(O)=C(C(N)=O)C(=O)[C@@H](N(C)C)[C@@H]5C[C@@H]3C4)C2)CC1. The van der Waals surface area contributed by atoms with E-state index in [4.69, 9.17) is 5.73 Å². The van der Waals surface area contributed by atoms with Crippen LogP contribution in [0.1, 0.15) is 78.7 Å². The van der Waals surface area contributed by atoms with E-state index in [1.54, 1.807) is 14.1 Å². The fourth-order valence-electron chi connectivity index (χ4n) is 9.93. The predicted molar refractivity (Wildman–Crippen MR) is 200 cm³/mol. The molecular formula is C42H49N3O7. The number of amides is 1. The number of aryl methyl sites for hydroxylation is 1. The van der Waals surface area contributed by atoms with Gasteiger partial charge in [0.25, 0.3) is 5.91 Å². The van der Waals surface area contributed by atoms with Gasteiger partial charge in [-0.25, -0.2) is 0 Å². The third-order valence-electron chi connectivity index (χ3n) is 12.5. The molecule has 6 N–H and O–H groups in total. The standard InChI is InChI=1S/C42H49N3O7/c1-21-8-6-7-9-27(21)24-13-10-22(11-14-24)16-23-12-15-25(17-23)28-20-31(44(2)3)29-18-26-19-30-35(45(4)5)38(48)34(41(43)51)40(50)42(30,52)39(49)32(26)37(47)33(29)36(28)46/h6-9,12,15,20,22,24,26,30,35,46-47,50,52H,10-11,13-14,16-19H2,1-5H3,(H2,43,51)/t22?,24?,26-,30-,35-,42-/m0/s1. The van der Waals surface area contributed by atoms with Gasteiger partial charge in [0.2, 0.25) is 5.78 Å². The molecule has 0 aliphatic heterocycles. The molecule has 0 aromatic heterocycles. The number of nitrogens with zero attached hydrogens (tertiary/aromatic N) is 2. The number of aliphatic hydroxyl groups is 3. The molecule has 0 bridgehead atoms. The van der Waals surface area contributed by atoms with Crippen LogP contribution in [0.15, 0.2) is 65.0 Å². The molecule has 5 aliphatic carbocycles. The number of allylic oxidation sites excluding steroid dienone is 4. The molecule has 7 rings (SSSR count). The summed E-state index contributed by atoms with van der Waals surface area (Å²) in [5.41, 5.74) is 8.94. The Bertz CT molecular complexity index is 2010. The van der Waals surface area contributed by atoms with E-state index in [1.165, 1.54) is 47.3 Å². The van der Waals surface area contributed by atoms with Crippen molar-refractivity contribution in [3.05, 3.63) is 92.8 Å². The van der Waals surface area contributed by atoms with Crippen molar-refractivity contribution in [2.45, 2.75) is 75.9 Å². The number of phenols is 1. The van der Waals surface area contributed by atoms with Crippen LogP contribution >= 0.6 is 0 Å². The van der Waals surface area contributed by atoms with Crippen molar-refractivity contribution in [1.82, 2.24) is 4.90 Å². The fraction of sp³-hybridized carbons (Fsp3) is 0.452. The molecular weight excluding hydrogens is 658 g/mol. The first-order valence-electron chi connectivity index (χ1n) is 18.3. The number of fused-ring (bicyclic) bond motifs is 3. The van der Waals surface area contributed by atoms with Crippen molar-refractivity contribution >= 4 is 34.5 Å². The van der Waals surface area contributed by atoms with Crippen molar-refractivity contribution in [3.8, 4) is 5.75 Å². The van der Waals surface area contributed by atoms with Crippen LogP contribution in [0, 0.1) is 24.7 Å². The van der Waals surface area contributed by atoms with Crippen molar-refractivity contribution in [3.63, 3.8) is 0 Å². The van der Waals surface area contributed by atoms with E-state index in [1.807, 2.05) is 31.1 Å². The first-order valence-corrected chi connectivity index (χ1v) is 18.3. The number of anilines is 1. The van der Waals surface area contributed by atoms with Crippen molar-refractivity contribution in [2.75, 3.05) is 33.1 Å². The Kier molecular flexibility index (Phi) is 8.98. The lowest BCUT2D eigenvalue weighted by Crippen LogP contribution is -2.65. The van der Waals surface area contributed by atoms with Crippen LogP contribution in [0.5, 0.6) is 5.75 Å². The van der Waals surface area contributed by atoms with Crippen LogP contribution in [0.4, 0.5) is 5.69 Å². The predicted octanol–water partition coefficient (Wildman–Crippen LogP) is 5.42. The number of aliphatic hydroxyl groups excluding tert-OH is 2. The number of carbonyl (C=O) groups excluding carboxylic acids is 3. The summed E-state index contributed by atoms with van der Waals surface area (Å²) in [6.45, 7) is 2.19. The summed E-state index contributed by atoms with van der Waals surface area (Å²) in [4.78, 5) is 43.5. The molecule has 0 spiro atoms. The monoisotopic (exact) mass is 707 g/mol. The molecule has 2 aromatic carbocycles. The third-order valence-corrected chi connectivity index (χ3v) is 12.5. The second-order valence-electron chi connectivity index (χ2n) is 16.0. The molecule has 10 heteroatoms. The molecule has 4 atom stereocenters. The lowest BCUT2D eigenvalue weighted by atomic mass is 9.57. The number of aromatic hydroxyl groups is 1. The summed E-state index contributed by atoms with van der Waals surface area (Å²) in [6.07, 6.45) is 10.8. The van der Waals surface area contributed by atoms with Gasteiger partial charge < -0.3 is 31.1 Å². The highest BCUT2D eigenvalue weighted by atomic mass is 16.3. The zero-order valence-electron chi connectivity index (χ0n) is 30.6. The summed E-state index contributed by atoms with van der Waals surface area (Å²) in [7, 11) is 6.94. The summed E-state index contributed by atoms with van der Waals surface area (Å²) in [5.74, 6) is -5.31. The number of phenolic OH excluding ortho intramolecular Hbond substituents is 1. The number of carbonyl (C=O) groups is 3. The number of ketones is 2. The van der Waals surface area contributed by atoms with Gasteiger partial charge in [-0.15, -0.1) is 0 Å². The maximum atomic E-state index is 14.4. The smallest absolute Gasteiger partial charge is 0.255 e. The van der Waals surface area contributed by atoms with Crippen molar-refractivity contribution < 1.29 is 34.8 Å². The van der Waals surface area contributed by atoms with Crippen LogP contribution < -0.4 is 10.6 Å². The maximum absolute atomic E-state index is 14.4. The first-order chi connectivity index (χ1) is 24.6. The largest absolute Gasteiger partial charge is 0.508 e. The fourth-order valence-corrected chi connectivity index (χ4v) is 9.93. The third kappa shape index (κ3) is 5.49. The number of Topliss-reactive ketones (excluding diaryl/α,β-unsaturated/α-hetero) is 2. The summed E-state index contributed by atoms with van der Waals surface area (Å²) < 4.78 is 0. The molecule has 2 aromatic rings. The van der Waals surface area contributed by atoms with Gasteiger partial charge in [0.05, 0.1) is 11.6 Å². The maximum Gasteiger partial charge on any atom is 0.255 e. The van der Waals surface area contributed by atoms with Gasteiger partial charge in [-0.1, -0.05) is 42.0 Å². The van der Waals surface area contributed by atoms with Gasteiger partial charge >= 0.3 is 0 Å². The van der Waals surface area contributed by atoms with E-state index >= 15 is 0 Å². The highest BCUT2D eigenvalue weighted by molar-refractivity contribution is 6.24. The molecule has 0 saturated heterocycles. The number of primary amides is 1. The Hall–Kier alpha value is -4.67. The Morgan fingerprint density at radius 3 is 2.31 bits per heavy atom. The quantitative estimate of drug-likeness (QED) is 0.237. The molecule has 2 fully saturated rings. The van der Waals surface area contributed by atoms with Crippen LogP contribution in [0.25, 0.3) is 11.3 Å². The van der Waals surface area contributed by atoms with E-state index in [-0.39, 0.29) is 29.7 Å². The Labute approximate surface area is 304 Å². The van der Waals surface area contributed by atoms with Gasteiger partial charge in [-0.05, 0) is 118 Å². The number of benzene rings is 2. The Morgan fingerprint density at radius 2 is 1.67 bits per heavy atom. The normalized spacial score (nSPS) is 28.7.